The van der Waals surface area contributed by atoms with Crippen LogP contribution in [0, 0.1) is 10.1 Å². The highest BCUT2D eigenvalue weighted by atomic mass is 32.2. The minimum atomic E-state index is -0.630. The summed E-state index contributed by atoms with van der Waals surface area (Å²) in [5.74, 6) is 5.62. The van der Waals surface area contributed by atoms with Crippen LogP contribution in [-0.4, -0.2) is 24.9 Å². The maximum absolute atomic E-state index is 10.7. The summed E-state index contributed by atoms with van der Waals surface area (Å²) in [6, 6.07) is 4.22. The number of benzene rings is 1. The topological polar surface area (TPSA) is 120 Å². The molecule has 0 spiro atoms. The molecule has 0 unspecified atom stereocenters. The van der Waals surface area contributed by atoms with Gasteiger partial charge in [0, 0.05) is 11.8 Å². The van der Waals surface area contributed by atoms with Crippen molar-refractivity contribution >= 4 is 17.4 Å². The van der Waals surface area contributed by atoms with E-state index in [1.54, 1.807) is 6.07 Å². The van der Waals surface area contributed by atoms with Gasteiger partial charge in [-0.25, -0.2) is 4.68 Å². The van der Waals surface area contributed by atoms with Crippen molar-refractivity contribution in [3.63, 3.8) is 0 Å². The van der Waals surface area contributed by atoms with Crippen LogP contribution in [0.15, 0.2) is 29.7 Å². The molecule has 1 aromatic carbocycles. The predicted molar refractivity (Wildman–Crippen MR) is 64.5 cm³/mol. The Morgan fingerprint density at radius 1 is 1.56 bits per heavy atom. The van der Waals surface area contributed by atoms with E-state index in [9.17, 15) is 15.2 Å². The van der Waals surface area contributed by atoms with Gasteiger partial charge >= 0.3 is 5.69 Å². The van der Waals surface area contributed by atoms with E-state index < -0.39 is 4.92 Å². The molecule has 8 nitrogen and oxygen atoms in total. The summed E-state index contributed by atoms with van der Waals surface area (Å²) in [6.07, 6.45) is 1.36. The van der Waals surface area contributed by atoms with Crippen LogP contribution in [0.2, 0.25) is 0 Å². The number of nitro groups is 1. The van der Waals surface area contributed by atoms with Crippen molar-refractivity contribution in [1.82, 2.24) is 14.9 Å². The van der Waals surface area contributed by atoms with Crippen molar-refractivity contribution in [1.29, 1.82) is 0 Å². The first-order chi connectivity index (χ1) is 8.58. The second-order valence-corrected chi connectivity index (χ2v) is 4.33. The Bertz CT molecular complexity index is 585. The number of hydrogen-bond donors (Lipinski definition) is 2. The summed E-state index contributed by atoms with van der Waals surface area (Å²) < 4.78 is 1.26. The highest BCUT2D eigenvalue weighted by Gasteiger charge is 2.14. The van der Waals surface area contributed by atoms with Crippen LogP contribution in [-0.2, 0) is 5.75 Å². The molecule has 0 bridgehead atoms. The Morgan fingerprint density at radius 3 is 2.94 bits per heavy atom. The first-order valence-electron chi connectivity index (χ1n) is 4.82. The van der Waals surface area contributed by atoms with Crippen LogP contribution < -0.4 is 5.84 Å². The molecule has 0 atom stereocenters. The fourth-order valence-electron chi connectivity index (χ4n) is 1.29. The Balaban J connectivity index is 2.13. The van der Waals surface area contributed by atoms with Gasteiger partial charge in [0.1, 0.15) is 6.33 Å². The normalized spacial score (nSPS) is 10.4. The molecule has 0 saturated carbocycles. The molecule has 1 heterocycles. The molecule has 0 saturated heterocycles. The lowest BCUT2D eigenvalue weighted by Gasteiger charge is -2.02. The third-order valence-electron chi connectivity index (χ3n) is 2.14. The van der Waals surface area contributed by atoms with Gasteiger partial charge in [0.25, 0.3) is 0 Å². The van der Waals surface area contributed by atoms with E-state index in [2.05, 4.69) is 10.2 Å². The summed E-state index contributed by atoms with van der Waals surface area (Å²) >= 11 is 1.29. The van der Waals surface area contributed by atoms with Gasteiger partial charge in [0.05, 0.1) is 4.92 Å². The second-order valence-electron chi connectivity index (χ2n) is 3.39. The maximum Gasteiger partial charge on any atom is 0.310 e. The van der Waals surface area contributed by atoms with Crippen LogP contribution in [0.5, 0.6) is 5.75 Å². The van der Waals surface area contributed by atoms with Gasteiger partial charge in [-0.15, -0.1) is 10.2 Å². The zero-order valence-corrected chi connectivity index (χ0v) is 9.87. The van der Waals surface area contributed by atoms with Crippen molar-refractivity contribution in [3.8, 4) is 5.75 Å². The van der Waals surface area contributed by atoms with E-state index in [4.69, 9.17) is 5.84 Å². The van der Waals surface area contributed by atoms with Crippen molar-refractivity contribution in [3.05, 3.63) is 40.2 Å². The number of nitro benzene ring substituents is 1. The Kier molecular flexibility index (Phi) is 3.33. The standard InChI is InChI=1S/C9H9N5O3S/c10-13-5-11-12-9(13)18-4-6-1-2-8(15)7(3-6)14(16)17/h1-3,5,15H,4,10H2. The van der Waals surface area contributed by atoms with Crippen LogP contribution in [0.25, 0.3) is 0 Å². The lowest BCUT2D eigenvalue weighted by atomic mass is 10.2. The molecule has 0 aliphatic carbocycles. The molecule has 9 heteroatoms. The second kappa shape index (κ2) is 4.92. The molecule has 1 aromatic heterocycles. The summed E-state index contributed by atoms with van der Waals surface area (Å²) in [5.41, 5.74) is 0.370. The van der Waals surface area contributed by atoms with Crippen molar-refractivity contribution < 1.29 is 10.0 Å². The number of rotatable bonds is 4. The van der Waals surface area contributed by atoms with E-state index in [0.29, 0.717) is 16.5 Å². The highest BCUT2D eigenvalue weighted by molar-refractivity contribution is 7.98. The molecular formula is C9H9N5O3S. The largest absolute Gasteiger partial charge is 0.502 e. The van der Waals surface area contributed by atoms with Gasteiger partial charge in [-0.1, -0.05) is 17.8 Å². The molecule has 0 radical (unpaired) electrons. The number of nitrogens with two attached hydrogens (primary N) is 1. The lowest BCUT2D eigenvalue weighted by molar-refractivity contribution is -0.385. The van der Waals surface area contributed by atoms with E-state index in [1.165, 1.54) is 34.9 Å². The minimum absolute atomic E-state index is 0.317. The number of aromatic nitrogens is 3. The van der Waals surface area contributed by atoms with Crippen molar-refractivity contribution in [2.45, 2.75) is 10.9 Å². The monoisotopic (exact) mass is 267 g/mol. The first-order valence-corrected chi connectivity index (χ1v) is 5.80. The van der Waals surface area contributed by atoms with Crippen molar-refractivity contribution in [2.24, 2.45) is 0 Å². The molecule has 0 aliphatic rings. The van der Waals surface area contributed by atoms with Crippen LogP contribution in [0.3, 0.4) is 0 Å². The fourth-order valence-corrected chi connectivity index (χ4v) is 2.06. The average molecular weight is 267 g/mol. The summed E-state index contributed by atoms with van der Waals surface area (Å²) in [6.45, 7) is 0. The molecule has 2 rings (SSSR count). The third kappa shape index (κ3) is 2.51. The maximum atomic E-state index is 10.7. The number of aromatic hydroxyl groups is 1. The zero-order valence-electron chi connectivity index (χ0n) is 9.05. The molecule has 0 amide bonds. The Hall–Kier alpha value is -2.29. The number of nitrogen functional groups attached to an aromatic ring is 1. The van der Waals surface area contributed by atoms with Crippen LogP contribution in [0.1, 0.15) is 5.56 Å². The Labute approximate surface area is 106 Å². The summed E-state index contributed by atoms with van der Waals surface area (Å²) in [7, 11) is 0. The number of phenols is 1. The van der Waals surface area contributed by atoms with Gasteiger partial charge in [-0.2, -0.15) is 0 Å². The van der Waals surface area contributed by atoms with Gasteiger partial charge in [0.15, 0.2) is 5.75 Å². The molecule has 0 aliphatic heterocycles. The number of phenolic OH excluding ortho intramolecular Hbond substituents is 1. The first kappa shape index (κ1) is 12.2. The van der Waals surface area contributed by atoms with E-state index in [1.807, 2.05) is 0 Å². The molecule has 18 heavy (non-hydrogen) atoms. The van der Waals surface area contributed by atoms with Gasteiger partial charge < -0.3 is 10.9 Å². The number of hydrogen-bond acceptors (Lipinski definition) is 7. The van der Waals surface area contributed by atoms with E-state index >= 15 is 0 Å². The lowest BCUT2D eigenvalue weighted by Crippen LogP contribution is -2.07. The van der Waals surface area contributed by atoms with Crippen LogP contribution in [0.4, 0.5) is 5.69 Å². The molecule has 0 fully saturated rings. The van der Waals surface area contributed by atoms with E-state index in [0.717, 1.165) is 0 Å². The van der Waals surface area contributed by atoms with Gasteiger partial charge in [-0.05, 0) is 11.6 Å². The minimum Gasteiger partial charge on any atom is -0.502 e. The molecular weight excluding hydrogens is 258 g/mol. The van der Waals surface area contributed by atoms with Gasteiger partial charge in [0.2, 0.25) is 5.16 Å². The summed E-state index contributed by atoms with van der Waals surface area (Å²) in [5, 5.41) is 27.9. The molecule has 3 N–H and O–H groups in total. The van der Waals surface area contributed by atoms with Crippen LogP contribution >= 0.6 is 11.8 Å². The number of thioether (sulfide) groups is 1. The third-order valence-corrected chi connectivity index (χ3v) is 3.17. The SMILES string of the molecule is Nn1cnnc1SCc1ccc(O)c([N+](=O)[O-])c1. The number of nitrogens with zero attached hydrogens (tertiary/aromatic N) is 4. The quantitative estimate of drug-likeness (QED) is 0.365. The van der Waals surface area contributed by atoms with Gasteiger partial charge in [-0.3, -0.25) is 10.1 Å². The Morgan fingerprint density at radius 2 is 2.33 bits per heavy atom. The van der Waals surface area contributed by atoms with E-state index in [-0.39, 0.29) is 11.4 Å². The smallest absolute Gasteiger partial charge is 0.310 e. The zero-order chi connectivity index (χ0) is 13.1. The highest BCUT2D eigenvalue weighted by Crippen LogP contribution is 2.29. The molecule has 94 valence electrons. The average Bonchev–Trinajstić information content (AvgIpc) is 2.73. The predicted octanol–water partition coefficient (Wildman–Crippen LogP) is 0.898. The molecule has 2 aromatic rings. The summed E-state index contributed by atoms with van der Waals surface area (Å²) in [4.78, 5) is 10.0. The van der Waals surface area contributed by atoms with Crippen molar-refractivity contribution in [2.75, 3.05) is 5.84 Å². The fraction of sp³-hybridized carbons (Fsp3) is 0.111.